The maximum absolute atomic E-state index is 5.85. The molecule has 0 unspecified atom stereocenters. The first-order valence-electron chi connectivity index (χ1n) is 69.2. The minimum absolute atomic E-state index is 0. The van der Waals surface area contributed by atoms with Crippen LogP contribution in [0.5, 0.6) is 0 Å². The van der Waals surface area contributed by atoms with E-state index in [2.05, 4.69) is 153 Å². The molecule has 0 aromatic carbocycles. The molecule has 0 bridgehead atoms. The summed E-state index contributed by atoms with van der Waals surface area (Å²) < 4.78 is 23.4. The van der Waals surface area contributed by atoms with Gasteiger partial charge in [-0.2, -0.15) is 0 Å². The zero-order valence-electron chi connectivity index (χ0n) is 104. The molecule has 0 atom stereocenters. The van der Waals surface area contributed by atoms with Gasteiger partial charge in [0.15, 0.2) is 0 Å². The third-order valence-corrected chi connectivity index (χ3v) is 30.4. The Kier molecular flexibility index (Phi) is 171. The molecular weight excluding hydrogens is 1930 g/mol. The van der Waals surface area contributed by atoms with Gasteiger partial charge in [0.25, 0.3) is 0 Å². The molecule has 4 nitrogen and oxygen atoms in total. The fourth-order valence-corrected chi connectivity index (χ4v) is 20.0. The first-order chi connectivity index (χ1) is 73.7. The van der Waals surface area contributed by atoms with Gasteiger partial charge >= 0.3 is 0 Å². The van der Waals surface area contributed by atoms with E-state index >= 15 is 0 Å². The van der Waals surface area contributed by atoms with Crippen LogP contribution in [0.1, 0.15) is 775 Å². The van der Waals surface area contributed by atoms with E-state index in [0.29, 0.717) is 0 Å². The minimum Gasteiger partial charge on any atom is -0.381 e. The molecule has 0 aliphatic carbocycles. The van der Waals surface area contributed by atoms with E-state index in [1.165, 1.54) is 719 Å². The summed E-state index contributed by atoms with van der Waals surface area (Å²) >= 11 is 0. The Balaban J connectivity index is -0.000000617. The maximum Gasteiger partial charge on any atom is 0.0466 e. The summed E-state index contributed by atoms with van der Waals surface area (Å²) in [5.41, 5.74) is 0. The zero-order chi connectivity index (χ0) is 107. The normalized spacial score (nSPS) is 11.9. The van der Waals surface area contributed by atoms with Crippen molar-refractivity contribution in [2.24, 2.45) is 0 Å². The quantitative estimate of drug-likeness (QED) is 0.0449. The van der Waals surface area contributed by atoms with Crippen LogP contribution in [0.4, 0.5) is 0 Å². The average molecular weight is 2220 g/mol. The zero-order valence-corrected chi connectivity index (χ0v) is 107. The summed E-state index contributed by atoms with van der Waals surface area (Å²) in [6, 6.07) is 0. The van der Waals surface area contributed by atoms with Crippen LogP contribution in [0, 0.1) is 41.7 Å². The van der Waals surface area contributed by atoms with Gasteiger partial charge in [-0.3, -0.25) is 0 Å². The Morgan fingerprint density at radius 3 is 0.215 bits per heavy atom. The summed E-state index contributed by atoms with van der Waals surface area (Å²) in [6.07, 6.45) is 192. The second-order valence-corrected chi connectivity index (χ2v) is 46.0. The summed E-state index contributed by atoms with van der Waals surface area (Å²) in [7, 11) is 0. The SMILES string of the molecule is CCCCCCCC/C=C\CCCCCCCCOCCCCCCCC/C=C\CCCCCCCC.CCCCCCCC/C=C\CCCCCCCCOCCCCCCCC/C=C\CCCCCCCC.CCCCCCCC/C=C\CCCCCCCCOCCCCCCCC/C=C\CCCCCCCC.CCCCCCCC/C=C\CCCCCCCCOCCCCCCCC/C=C\CCCCCCCC.[Ce]. The van der Waals surface area contributed by atoms with Crippen LogP contribution in [0.3, 0.4) is 0 Å². The van der Waals surface area contributed by atoms with E-state index in [1.807, 2.05) is 0 Å². The van der Waals surface area contributed by atoms with Crippen molar-refractivity contribution >= 4 is 0 Å². The van der Waals surface area contributed by atoms with E-state index < -0.39 is 0 Å². The van der Waals surface area contributed by atoms with Crippen molar-refractivity contribution < 1.29 is 60.7 Å². The van der Waals surface area contributed by atoms with Crippen LogP contribution in [-0.2, 0) is 18.9 Å². The molecule has 0 N–H and O–H groups in total. The Morgan fingerprint density at radius 2 is 0.141 bits per heavy atom. The molecule has 884 valence electrons. The van der Waals surface area contributed by atoms with Crippen molar-refractivity contribution in [3.63, 3.8) is 0 Å². The fraction of sp³-hybridized carbons (Fsp3) is 0.889. The van der Waals surface area contributed by atoms with Gasteiger partial charge in [0.1, 0.15) is 0 Å². The monoisotopic (exact) mass is 2210 g/mol. The topological polar surface area (TPSA) is 36.9 Å². The Bertz CT molecular complexity index is 1930. The van der Waals surface area contributed by atoms with Gasteiger partial charge in [0.2, 0.25) is 0 Å². The van der Waals surface area contributed by atoms with E-state index in [9.17, 15) is 0 Å². The Hall–Kier alpha value is -0.863. The number of unbranched alkanes of at least 4 members (excludes halogenated alkanes) is 96. The molecule has 0 aromatic rings. The smallest absolute Gasteiger partial charge is 0.0466 e. The molecule has 0 aliphatic heterocycles. The predicted octanol–water partition coefficient (Wildman–Crippen LogP) is 52.3. The molecule has 0 spiro atoms. The second kappa shape index (κ2) is 162. The first-order valence-corrected chi connectivity index (χ1v) is 69.2. The van der Waals surface area contributed by atoms with Crippen molar-refractivity contribution in [1.82, 2.24) is 0 Å². The van der Waals surface area contributed by atoms with Crippen LogP contribution >= 0.6 is 0 Å². The van der Waals surface area contributed by atoms with Crippen molar-refractivity contribution in [3.05, 3.63) is 97.2 Å². The molecule has 0 radical (unpaired) electrons. The van der Waals surface area contributed by atoms with E-state index in [-0.39, 0.29) is 41.7 Å². The molecule has 5 heteroatoms. The molecular formula is C144H280CeO4. The van der Waals surface area contributed by atoms with Crippen molar-refractivity contribution in [3.8, 4) is 0 Å². The van der Waals surface area contributed by atoms with Gasteiger partial charge in [0.05, 0.1) is 0 Å². The van der Waals surface area contributed by atoms with Gasteiger partial charge in [-0.25, -0.2) is 0 Å². The molecule has 0 saturated heterocycles. The Morgan fingerprint density at radius 1 is 0.0805 bits per heavy atom. The number of ether oxygens (including phenoxy) is 4. The largest absolute Gasteiger partial charge is 0.381 e. The van der Waals surface area contributed by atoms with Crippen LogP contribution in [-0.4, -0.2) is 52.9 Å². The van der Waals surface area contributed by atoms with Crippen molar-refractivity contribution in [2.45, 2.75) is 775 Å². The van der Waals surface area contributed by atoms with Gasteiger partial charge in [-0.1, -0.05) is 615 Å². The number of hydrogen-bond donors (Lipinski definition) is 0. The van der Waals surface area contributed by atoms with Gasteiger partial charge in [0, 0.05) is 94.6 Å². The second-order valence-electron chi connectivity index (χ2n) is 46.0. The van der Waals surface area contributed by atoms with E-state index in [4.69, 9.17) is 18.9 Å². The standard InChI is InChI=1S/4C36H70O.Ce/c4*1-3-5-7-9-11-13-15-17-19-21-23-25-27-29-31-33-35-37-36-34-32-30-28-26-24-22-20-18-16-14-12-10-8-6-4-2;/h4*17-20H,3-16,21-36H2,1-2H3;/b4*19-17-,20-18-;. The summed E-state index contributed by atoms with van der Waals surface area (Å²) in [6.45, 7) is 26.2. The average Bonchev–Trinajstić information content (AvgIpc) is 1.10. The van der Waals surface area contributed by atoms with Crippen LogP contribution in [0.25, 0.3) is 0 Å². The molecule has 0 amide bonds. The minimum atomic E-state index is 0. The maximum atomic E-state index is 5.85. The third-order valence-electron chi connectivity index (χ3n) is 30.4. The van der Waals surface area contributed by atoms with Crippen LogP contribution in [0.2, 0.25) is 0 Å². The first kappa shape index (κ1) is 157. The predicted molar refractivity (Wildman–Crippen MR) is 679 cm³/mol. The molecule has 149 heavy (non-hydrogen) atoms. The van der Waals surface area contributed by atoms with E-state index in [0.717, 1.165) is 52.9 Å². The van der Waals surface area contributed by atoms with Crippen LogP contribution in [0.15, 0.2) is 97.2 Å². The molecule has 0 aliphatic rings. The fourth-order valence-electron chi connectivity index (χ4n) is 20.0. The molecule has 0 heterocycles. The Labute approximate surface area is 977 Å². The third kappa shape index (κ3) is 170. The molecule has 0 fully saturated rings. The number of rotatable bonds is 128. The van der Waals surface area contributed by atoms with Gasteiger partial charge in [-0.05, 0) is 257 Å². The van der Waals surface area contributed by atoms with Crippen molar-refractivity contribution in [1.29, 1.82) is 0 Å². The molecule has 0 rings (SSSR count). The summed E-state index contributed by atoms with van der Waals surface area (Å²) in [5, 5.41) is 0. The van der Waals surface area contributed by atoms with Gasteiger partial charge < -0.3 is 18.9 Å². The number of allylic oxidation sites excluding steroid dienone is 16. The summed E-state index contributed by atoms with van der Waals surface area (Å²) in [4.78, 5) is 0. The van der Waals surface area contributed by atoms with Crippen molar-refractivity contribution in [2.75, 3.05) is 52.9 Å². The van der Waals surface area contributed by atoms with E-state index in [1.54, 1.807) is 0 Å². The van der Waals surface area contributed by atoms with Crippen LogP contribution < -0.4 is 0 Å². The summed E-state index contributed by atoms with van der Waals surface area (Å²) in [5.74, 6) is 0. The number of hydrogen-bond acceptors (Lipinski definition) is 4. The molecule has 0 aromatic heterocycles. The molecule has 0 saturated carbocycles. The van der Waals surface area contributed by atoms with Gasteiger partial charge in [-0.15, -0.1) is 0 Å².